The van der Waals surface area contributed by atoms with Gasteiger partial charge in [-0.2, -0.15) is 0 Å². The Morgan fingerprint density at radius 3 is 2.88 bits per heavy atom. The van der Waals surface area contributed by atoms with Gasteiger partial charge in [0.25, 0.3) is 0 Å². The molecule has 0 amide bonds. The van der Waals surface area contributed by atoms with E-state index in [9.17, 15) is 4.39 Å². The van der Waals surface area contributed by atoms with Crippen molar-refractivity contribution in [2.75, 3.05) is 0 Å². The molecule has 1 N–H and O–H groups in total. The summed E-state index contributed by atoms with van der Waals surface area (Å²) in [6.07, 6.45) is 1.88. The first-order valence-corrected chi connectivity index (χ1v) is 5.08. The highest BCUT2D eigenvalue weighted by molar-refractivity contribution is 5.95. The molecule has 0 fully saturated rings. The standard InChI is InChI=1S/C14H9FN/c15-11-5-3-4-10(8-11)13-9-16-14-7-2-1-6-12(13)14/h1-3,5-9,16H. The highest BCUT2D eigenvalue weighted by atomic mass is 19.1. The van der Waals surface area contributed by atoms with E-state index in [2.05, 4.69) is 11.1 Å². The van der Waals surface area contributed by atoms with E-state index in [1.54, 1.807) is 6.07 Å². The summed E-state index contributed by atoms with van der Waals surface area (Å²) in [5, 5.41) is 1.09. The van der Waals surface area contributed by atoms with Crippen LogP contribution in [0.1, 0.15) is 0 Å². The van der Waals surface area contributed by atoms with Crippen LogP contribution in [0.3, 0.4) is 0 Å². The minimum Gasteiger partial charge on any atom is -0.361 e. The van der Waals surface area contributed by atoms with Crippen LogP contribution in [0.2, 0.25) is 0 Å². The van der Waals surface area contributed by atoms with Crippen LogP contribution in [0, 0.1) is 11.9 Å². The molecule has 0 saturated heterocycles. The van der Waals surface area contributed by atoms with E-state index in [1.807, 2.05) is 30.5 Å². The lowest BCUT2D eigenvalue weighted by atomic mass is 10.1. The largest absolute Gasteiger partial charge is 0.361 e. The van der Waals surface area contributed by atoms with Crippen molar-refractivity contribution in [3.05, 3.63) is 60.5 Å². The Balaban J connectivity index is 2.26. The van der Waals surface area contributed by atoms with E-state index in [4.69, 9.17) is 0 Å². The molecule has 0 atom stereocenters. The van der Waals surface area contributed by atoms with Crippen molar-refractivity contribution in [1.82, 2.24) is 4.98 Å². The van der Waals surface area contributed by atoms with E-state index < -0.39 is 0 Å². The second kappa shape index (κ2) is 3.49. The molecule has 1 nitrogen and oxygen atoms in total. The number of rotatable bonds is 1. The molecule has 1 radical (unpaired) electrons. The number of aromatic nitrogens is 1. The summed E-state index contributed by atoms with van der Waals surface area (Å²) in [5.41, 5.74) is 2.81. The highest BCUT2D eigenvalue weighted by Crippen LogP contribution is 2.28. The molecule has 0 saturated carbocycles. The smallest absolute Gasteiger partial charge is 0.123 e. The van der Waals surface area contributed by atoms with Gasteiger partial charge in [0.1, 0.15) is 5.82 Å². The van der Waals surface area contributed by atoms with Crippen LogP contribution in [0.5, 0.6) is 0 Å². The molecule has 0 bridgehead atoms. The molecule has 2 heteroatoms. The van der Waals surface area contributed by atoms with Gasteiger partial charge in [0.2, 0.25) is 0 Å². The third-order valence-electron chi connectivity index (χ3n) is 2.64. The molecule has 1 aromatic heterocycles. The Morgan fingerprint density at radius 2 is 2.00 bits per heavy atom. The summed E-state index contributed by atoms with van der Waals surface area (Å²) in [5.74, 6) is -0.237. The molecule has 1 heterocycles. The zero-order valence-electron chi connectivity index (χ0n) is 8.50. The van der Waals surface area contributed by atoms with Crippen molar-refractivity contribution in [3.8, 4) is 11.1 Å². The van der Waals surface area contributed by atoms with Gasteiger partial charge in [0.05, 0.1) is 0 Å². The number of para-hydroxylation sites is 1. The normalized spacial score (nSPS) is 10.8. The van der Waals surface area contributed by atoms with Crippen LogP contribution in [0.15, 0.2) is 48.7 Å². The molecule has 0 unspecified atom stereocenters. The molecule has 77 valence electrons. The number of benzene rings is 2. The Labute approximate surface area is 92.5 Å². The maximum absolute atomic E-state index is 13.1. The summed E-state index contributed by atoms with van der Waals surface area (Å²) in [6.45, 7) is 0. The molecular weight excluding hydrogens is 201 g/mol. The Bertz CT molecular complexity index is 640. The Morgan fingerprint density at radius 1 is 1.12 bits per heavy atom. The minimum atomic E-state index is -0.237. The van der Waals surface area contributed by atoms with Crippen molar-refractivity contribution in [1.29, 1.82) is 0 Å². The number of hydrogen-bond acceptors (Lipinski definition) is 0. The molecule has 3 rings (SSSR count). The maximum Gasteiger partial charge on any atom is 0.123 e. The third kappa shape index (κ3) is 1.39. The number of H-pyrrole nitrogens is 1. The monoisotopic (exact) mass is 210 g/mol. The molecular formula is C14H9FN. The van der Waals surface area contributed by atoms with Crippen molar-refractivity contribution >= 4 is 10.9 Å². The molecule has 2 aromatic carbocycles. The minimum absolute atomic E-state index is 0.237. The van der Waals surface area contributed by atoms with Crippen LogP contribution < -0.4 is 0 Å². The van der Waals surface area contributed by atoms with Gasteiger partial charge in [-0.05, 0) is 29.8 Å². The number of nitrogens with one attached hydrogen (secondary N) is 1. The van der Waals surface area contributed by atoms with Gasteiger partial charge >= 0.3 is 0 Å². The van der Waals surface area contributed by atoms with Gasteiger partial charge in [0.15, 0.2) is 0 Å². The zero-order valence-corrected chi connectivity index (χ0v) is 8.50. The van der Waals surface area contributed by atoms with Gasteiger partial charge in [-0.25, -0.2) is 4.39 Å². The molecule has 3 aromatic rings. The lowest BCUT2D eigenvalue weighted by Crippen LogP contribution is -1.78. The van der Waals surface area contributed by atoms with E-state index in [0.29, 0.717) is 0 Å². The SMILES string of the molecule is Fc1cc[c]c(-c2c[nH]c3ccccc23)c1. The predicted octanol–water partition coefficient (Wildman–Crippen LogP) is 3.77. The van der Waals surface area contributed by atoms with Crippen molar-refractivity contribution in [3.63, 3.8) is 0 Å². The first kappa shape index (κ1) is 9.16. The van der Waals surface area contributed by atoms with E-state index >= 15 is 0 Å². The Hall–Kier alpha value is -2.09. The maximum atomic E-state index is 13.1. The third-order valence-corrected chi connectivity index (χ3v) is 2.64. The van der Waals surface area contributed by atoms with E-state index in [-0.39, 0.29) is 5.82 Å². The van der Waals surface area contributed by atoms with Gasteiger partial charge < -0.3 is 4.98 Å². The van der Waals surface area contributed by atoms with Gasteiger partial charge in [0, 0.05) is 22.7 Å². The van der Waals surface area contributed by atoms with Crippen molar-refractivity contribution < 1.29 is 4.39 Å². The van der Waals surface area contributed by atoms with E-state index in [0.717, 1.165) is 22.0 Å². The molecule has 0 spiro atoms. The topological polar surface area (TPSA) is 15.8 Å². The molecule has 0 aliphatic carbocycles. The van der Waals surface area contributed by atoms with Crippen LogP contribution in [0.4, 0.5) is 4.39 Å². The number of aromatic amines is 1. The first-order valence-electron chi connectivity index (χ1n) is 5.08. The lowest BCUT2D eigenvalue weighted by Gasteiger charge is -1.98. The Kier molecular flexibility index (Phi) is 2.00. The van der Waals surface area contributed by atoms with Crippen molar-refractivity contribution in [2.24, 2.45) is 0 Å². The molecule has 16 heavy (non-hydrogen) atoms. The van der Waals surface area contributed by atoms with Crippen LogP contribution in [0.25, 0.3) is 22.0 Å². The van der Waals surface area contributed by atoms with Crippen LogP contribution in [-0.4, -0.2) is 4.98 Å². The van der Waals surface area contributed by atoms with Gasteiger partial charge in [-0.3, -0.25) is 0 Å². The van der Waals surface area contributed by atoms with Crippen LogP contribution in [-0.2, 0) is 0 Å². The number of hydrogen-bond donors (Lipinski definition) is 1. The second-order valence-corrected chi connectivity index (χ2v) is 3.67. The quantitative estimate of drug-likeness (QED) is 0.629. The summed E-state index contributed by atoms with van der Waals surface area (Å²) in [6, 6.07) is 15.5. The fourth-order valence-corrected chi connectivity index (χ4v) is 1.89. The van der Waals surface area contributed by atoms with Crippen molar-refractivity contribution in [2.45, 2.75) is 0 Å². The average Bonchev–Trinajstić information content (AvgIpc) is 2.72. The fourth-order valence-electron chi connectivity index (χ4n) is 1.89. The summed E-state index contributed by atoms with van der Waals surface area (Å²) < 4.78 is 13.1. The summed E-state index contributed by atoms with van der Waals surface area (Å²) >= 11 is 0. The zero-order chi connectivity index (χ0) is 11.0. The molecule has 0 aliphatic rings. The fraction of sp³-hybridized carbons (Fsp3) is 0. The average molecular weight is 210 g/mol. The predicted molar refractivity (Wildman–Crippen MR) is 62.5 cm³/mol. The second-order valence-electron chi connectivity index (χ2n) is 3.67. The molecule has 0 aliphatic heterocycles. The highest BCUT2D eigenvalue weighted by Gasteiger charge is 2.05. The van der Waals surface area contributed by atoms with Gasteiger partial charge in [-0.15, -0.1) is 0 Å². The lowest BCUT2D eigenvalue weighted by molar-refractivity contribution is 0.628. The van der Waals surface area contributed by atoms with Gasteiger partial charge in [-0.1, -0.05) is 24.3 Å². The summed E-state index contributed by atoms with van der Waals surface area (Å²) in [4.78, 5) is 3.16. The number of fused-ring (bicyclic) bond motifs is 1. The van der Waals surface area contributed by atoms with E-state index in [1.165, 1.54) is 12.1 Å². The van der Waals surface area contributed by atoms with Crippen LogP contribution >= 0.6 is 0 Å². The number of halogens is 1. The summed E-state index contributed by atoms with van der Waals surface area (Å²) in [7, 11) is 0. The first-order chi connectivity index (χ1) is 7.84.